The minimum Gasteiger partial charge on any atom is -0.496 e. The van der Waals surface area contributed by atoms with Crippen molar-refractivity contribution in [3.63, 3.8) is 0 Å². The van der Waals surface area contributed by atoms with Crippen molar-refractivity contribution in [3.8, 4) is 5.75 Å². The standard InChI is InChI=1S/C10H10BrClO3/c1-15-8-5-7(12)4-6(10(8)11)2-3-9(13)14/h4-5H,2-3H2,1H3,(H,13,14). The lowest BCUT2D eigenvalue weighted by Gasteiger charge is -2.09. The van der Waals surface area contributed by atoms with Crippen LogP contribution in [0.3, 0.4) is 0 Å². The van der Waals surface area contributed by atoms with Crippen molar-refractivity contribution in [2.24, 2.45) is 0 Å². The quantitative estimate of drug-likeness (QED) is 0.928. The minimum absolute atomic E-state index is 0.0715. The predicted molar refractivity (Wildman–Crippen MR) is 61.7 cm³/mol. The number of aryl methyl sites for hydroxylation is 1. The highest BCUT2D eigenvalue weighted by Crippen LogP contribution is 2.32. The average Bonchev–Trinajstić information content (AvgIpc) is 2.18. The van der Waals surface area contributed by atoms with Crippen molar-refractivity contribution in [2.75, 3.05) is 7.11 Å². The summed E-state index contributed by atoms with van der Waals surface area (Å²) in [5.74, 6) is -0.219. The first kappa shape index (κ1) is 12.3. The number of benzene rings is 1. The van der Waals surface area contributed by atoms with E-state index in [1.807, 2.05) is 0 Å². The number of rotatable bonds is 4. The van der Waals surface area contributed by atoms with E-state index in [1.165, 1.54) is 7.11 Å². The summed E-state index contributed by atoms with van der Waals surface area (Å²) < 4.78 is 5.85. The number of hydrogen-bond acceptors (Lipinski definition) is 2. The molecular formula is C10H10BrClO3. The Morgan fingerprint density at radius 2 is 2.27 bits per heavy atom. The fourth-order valence-corrected chi connectivity index (χ4v) is 2.01. The topological polar surface area (TPSA) is 46.5 Å². The van der Waals surface area contributed by atoms with Gasteiger partial charge in [-0.3, -0.25) is 4.79 Å². The number of methoxy groups -OCH3 is 1. The van der Waals surface area contributed by atoms with Crippen LogP contribution in [0.15, 0.2) is 16.6 Å². The van der Waals surface area contributed by atoms with Crippen molar-refractivity contribution in [1.82, 2.24) is 0 Å². The first-order chi connectivity index (χ1) is 7.04. The molecule has 0 amide bonds. The number of ether oxygens (including phenoxy) is 1. The van der Waals surface area contributed by atoms with Gasteiger partial charge in [0, 0.05) is 11.4 Å². The molecule has 0 radical (unpaired) electrons. The van der Waals surface area contributed by atoms with Gasteiger partial charge < -0.3 is 9.84 Å². The van der Waals surface area contributed by atoms with Gasteiger partial charge in [-0.25, -0.2) is 0 Å². The van der Waals surface area contributed by atoms with Gasteiger partial charge in [0.2, 0.25) is 0 Å². The molecule has 1 aromatic carbocycles. The van der Waals surface area contributed by atoms with E-state index in [0.29, 0.717) is 17.2 Å². The van der Waals surface area contributed by atoms with E-state index < -0.39 is 5.97 Å². The van der Waals surface area contributed by atoms with E-state index in [0.717, 1.165) is 10.0 Å². The number of carboxylic acid groups (broad SMARTS) is 1. The predicted octanol–water partition coefficient (Wildman–Crippen LogP) is 3.13. The average molecular weight is 294 g/mol. The monoisotopic (exact) mass is 292 g/mol. The van der Waals surface area contributed by atoms with Crippen LogP contribution in [0.1, 0.15) is 12.0 Å². The maximum atomic E-state index is 10.4. The van der Waals surface area contributed by atoms with Crippen molar-refractivity contribution in [1.29, 1.82) is 0 Å². The van der Waals surface area contributed by atoms with E-state index in [2.05, 4.69) is 15.9 Å². The Hall–Kier alpha value is -0.740. The van der Waals surface area contributed by atoms with Crippen LogP contribution < -0.4 is 4.74 Å². The Bertz CT molecular complexity index is 379. The molecule has 0 saturated carbocycles. The summed E-state index contributed by atoms with van der Waals surface area (Å²) in [5, 5.41) is 9.12. The second-order valence-electron chi connectivity index (χ2n) is 2.97. The Morgan fingerprint density at radius 1 is 1.60 bits per heavy atom. The first-order valence-corrected chi connectivity index (χ1v) is 5.45. The largest absolute Gasteiger partial charge is 0.496 e. The summed E-state index contributed by atoms with van der Waals surface area (Å²) >= 11 is 9.22. The number of aliphatic carboxylic acids is 1. The SMILES string of the molecule is COc1cc(Cl)cc(CCC(=O)O)c1Br. The summed E-state index contributed by atoms with van der Waals surface area (Å²) in [6.07, 6.45) is 0.495. The highest BCUT2D eigenvalue weighted by atomic mass is 79.9. The molecule has 0 fully saturated rings. The van der Waals surface area contributed by atoms with Crippen LogP contribution in [-0.2, 0) is 11.2 Å². The normalized spacial score (nSPS) is 10.1. The first-order valence-electron chi connectivity index (χ1n) is 4.28. The molecule has 82 valence electrons. The van der Waals surface area contributed by atoms with E-state index in [-0.39, 0.29) is 6.42 Å². The maximum Gasteiger partial charge on any atom is 0.303 e. The highest BCUT2D eigenvalue weighted by molar-refractivity contribution is 9.10. The molecule has 0 saturated heterocycles. The zero-order chi connectivity index (χ0) is 11.4. The van der Waals surface area contributed by atoms with Crippen LogP contribution >= 0.6 is 27.5 Å². The van der Waals surface area contributed by atoms with Gasteiger partial charge in [-0.15, -0.1) is 0 Å². The van der Waals surface area contributed by atoms with Crippen LogP contribution in [0.25, 0.3) is 0 Å². The van der Waals surface area contributed by atoms with Gasteiger partial charge in [0.1, 0.15) is 5.75 Å². The molecule has 15 heavy (non-hydrogen) atoms. The summed E-state index contributed by atoms with van der Waals surface area (Å²) in [6.45, 7) is 0. The lowest BCUT2D eigenvalue weighted by atomic mass is 10.1. The van der Waals surface area contributed by atoms with Crippen LogP contribution in [0.4, 0.5) is 0 Å². The molecule has 0 aliphatic heterocycles. The molecule has 0 atom stereocenters. The molecule has 0 aromatic heterocycles. The van der Waals surface area contributed by atoms with Gasteiger partial charge >= 0.3 is 5.97 Å². The van der Waals surface area contributed by atoms with Crippen LogP contribution in [0.2, 0.25) is 5.02 Å². The molecule has 0 bridgehead atoms. The van der Waals surface area contributed by atoms with Crippen molar-refractivity contribution < 1.29 is 14.6 Å². The van der Waals surface area contributed by atoms with Crippen LogP contribution in [0, 0.1) is 0 Å². The van der Waals surface area contributed by atoms with Gasteiger partial charge in [-0.1, -0.05) is 11.6 Å². The smallest absolute Gasteiger partial charge is 0.303 e. The van der Waals surface area contributed by atoms with Crippen LogP contribution in [-0.4, -0.2) is 18.2 Å². The molecule has 0 heterocycles. The van der Waals surface area contributed by atoms with Crippen molar-refractivity contribution in [3.05, 3.63) is 27.2 Å². The summed E-state index contributed by atoms with van der Waals surface area (Å²) in [7, 11) is 1.54. The number of halogens is 2. The molecule has 1 rings (SSSR count). The highest BCUT2D eigenvalue weighted by Gasteiger charge is 2.09. The molecule has 0 aliphatic rings. The Labute approximate surface area is 101 Å². The lowest BCUT2D eigenvalue weighted by Crippen LogP contribution is -1.99. The Kier molecular flexibility index (Phi) is 4.42. The second-order valence-corrected chi connectivity index (χ2v) is 4.20. The van der Waals surface area contributed by atoms with E-state index in [9.17, 15) is 4.79 Å². The van der Waals surface area contributed by atoms with Gasteiger partial charge in [0.25, 0.3) is 0 Å². The third-order valence-electron chi connectivity index (χ3n) is 1.91. The van der Waals surface area contributed by atoms with Gasteiger partial charge in [-0.05, 0) is 40.0 Å². The molecule has 1 aromatic rings. The molecule has 3 nitrogen and oxygen atoms in total. The number of carboxylic acids is 1. The van der Waals surface area contributed by atoms with Crippen LogP contribution in [0.5, 0.6) is 5.75 Å². The lowest BCUT2D eigenvalue weighted by molar-refractivity contribution is -0.136. The molecule has 1 N–H and O–H groups in total. The molecule has 5 heteroatoms. The van der Waals surface area contributed by atoms with Crippen molar-refractivity contribution >= 4 is 33.5 Å². The third kappa shape index (κ3) is 3.39. The molecule has 0 aliphatic carbocycles. The molecular weight excluding hydrogens is 283 g/mol. The van der Waals surface area contributed by atoms with Gasteiger partial charge in [0.15, 0.2) is 0 Å². The summed E-state index contributed by atoms with van der Waals surface area (Å²) in [4.78, 5) is 10.4. The fourth-order valence-electron chi connectivity index (χ4n) is 1.19. The zero-order valence-corrected chi connectivity index (χ0v) is 10.4. The number of carbonyl (C=O) groups is 1. The molecule has 0 unspecified atom stereocenters. The molecule has 0 spiro atoms. The summed E-state index contributed by atoms with van der Waals surface area (Å²) in [6, 6.07) is 3.41. The van der Waals surface area contributed by atoms with E-state index in [4.69, 9.17) is 21.4 Å². The van der Waals surface area contributed by atoms with E-state index >= 15 is 0 Å². The van der Waals surface area contributed by atoms with E-state index in [1.54, 1.807) is 12.1 Å². The summed E-state index contributed by atoms with van der Waals surface area (Å²) in [5.41, 5.74) is 0.835. The minimum atomic E-state index is -0.833. The van der Waals surface area contributed by atoms with Gasteiger partial charge in [0.05, 0.1) is 11.6 Å². The Morgan fingerprint density at radius 3 is 2.80 bits per heavy atom. The van der Waals surface area contributed by atoms with Gasteiger partial charge in [-0.2, -0.15) is 0 Å². The Balaban J connectivity index is 2.95. The van der Waals surface area contributed by atoms with Crippen molar-refractivity contribution in [2.45, 2.75) is 12.8 Å². The fraction of sp³-hybridized carbons (Fsp3) is 0.300. The third-order valence-corrected chi connectivity index (χ3v) is 3.03. The zero-order valence-electron chi connectivity index (χ0n) is 8.09. The maximum absolute atomic E-state index is 10.4. The second kappa shape index (κ2) is 5.37. The number of hydrogen-bond donors (Lipinski definition) is 1.